The summed E-state index contributed by atoms with van der Waals surface area (Å²) in [5, 5.41) is 0. The Balaban J connectivity index is 1.67. The van der Waals surface area contributed by atoms with Crippen molar-refractivity contribution in [2.24, 2.45) is 5.92 Å². The molecular formula is C23H30FN. The van der Waals surface area contributed by atoms with Gasteiger partial charge < -0.3 is 0 Å². The van der Waals surface area contributed by atoms with Crippen LogP contribution >= 0.6 is 0 Å². The highest BCUT2D eigenvalue weighted by atomic mass is 19.1. The lowest BCUT2D eigenvalue weighted by Gasteiger charge is -2.29. The van der Waals surface area contributed by atoms with Crippen LogP contribution in [0.15, 0.2) is 36.5 Å². The van der Waals surface area contributed by atoms with E-state index in [2.05, 4.69) is 24.9 Å². The number of unbranched alkanes of at least 4 members (excludes halogenated alkanes) is 1. The molecule has 0 spiro atoms. The Kier molecular flexibility index (Phi) is 6.23. The summed E-state index contributed by atoms with van der Waals surface area (Å²) in [5.74, 6) is 1.28. The van der Waals surface area contributed by atoms with Gasteiger partial charge >= 0.3 is 0 Å². The third kappa shape index (κ3) is 4.48. The second-order valence-electron chi connectivity index (χ2n) is 7.50. The van der Waals surface area contributed by atoms with Crippen molar-refractivity contribution in [3.63, 3.8) is 0 Å². The normalized spacial score (nSPS) is 20.6. The van der Waals surface area contributed by atoms with E-state index in [9.17, 15) is 4.39 Å². The van der Waals surface area contributed by atoms with Gasteiger partial charge in [0, 0.05) is 11.8 Å². The van der Waals surface area contributed by atoms with Crippen LogP contribution in [0.3, 0.4) is 0 Å². The maximum Gasteiger partial charge on any atom is 0.132 e. The van der Waals surface area contributed by atoms with Crippen molar-refractivity contribution in [3.05, 3.63) is 53.5 Å². The Bertz CT molecular complexity index is 669. The van der Waals surface area contributed by atoms with Crippen molar-refractivity contribution in [1.29, 1.82) is 0 Å². The molecule has 1 heterocycles. The number of hydrogen-bond donors (Lipinski definition) is 0. The molecule has 0 saturated heterocycles. The predicted molar refractivity (Wildman–Crippen MR) is 103 cm³/mol. The molecule has 134 valence electrons. The standard InChI is InChI=1S/C23H30FN/c1-3-5-6-18-7-10-19(11-8-18)20-12-13-21(22(24)15-20)23-14-9-17(4-2)16-25-23/h9,12-16,18-19H,3-8,10-11H2,1-2H3/t18-,19-. The first kappa shape index (κ1) is 18.1. The number of nitrogens with zero attached hydrogens (tertiary/aromatic N) is 1. The molecule has 2 heteroatoms. The van der Waals surface area contributed by atoms with E-state index in [0.717, 1.165) is 18.0 Å². The molecule has 1 aliphatic rings. The Morgan fingerprint density at radius 2 is 1.84 bits per heavy atom. The van der Waals surface area contributed by atoms with Crippen LogP contribution in [0.2, 0.25) is 0 Å². The lowest BCUT2D eigenvalue weighted by Crippen LogP contribution is -2.13. The SMILES string of the molecule is CCCC[C@H]1CC[C@H](c2ccc(-c3ccc(CC)cn3)c(F)c2)CC1. The zero-order chi connectivity index (χ0) is 17.6. The smallest absolute Gasteiger partial charge is 0.132 e. The van der Waals surface area contributed by atoms with Crippen LogP contribution in [0.4, 0.5) is 4.39 Å². The summed E-state index contributed by atoms with van der Waals surface area (Å²) in [6.45, 7) is 4.36. The van der Waals surface area contributed by atoms with Gasteiger partial charge in [0.05, 0.1) is 5.69 Å². The molecule has 0 bridgehead atoms. The van der Waals surface area contributed by atoms with E-state index in [1.807, 2.05) is 24.4 Å². The van der Waals surface area contributed by atoms with E-state index < -0.39 is 0 Å². The van der Waals surface area contributed by atoms with Crippen molar-refractivity contribution in [1.82, 2.24) is 4.98 Å². The Morgan fingerprint density at radius 3 is 2.44 bits per heavy atom. The molecule has 0 atom stereocenters. The number of hydrogen-bond acceptors (Lipinski definition) is 1. The minimum atomic E-state index is -0.137. The van der Waals surface area contributed by atoms with Crippen molar-refractivity contribution in [2.45, 2.75) is 71.1 Å². The van der Waals surface area contributed by atoms with Crippen molar-refractivity contribution >= 4 is 0 Å². The summed E-state index contributed by atoms with van der Waals surface area (Å²) in [6, 6.07) is 9.75. The van der Waals surface area contributed by atoms with Crippen LogP contribution < -0.4 is 0 Å². The Hall–Kier alpha value is -1.70. The van der Waals surface area contributed by atoms with Gasteiger partial charge in [-0.05, 0) is 73.3 Å². The van der Waals surface area contributed by atoms with Crippen molar-refractivity contribution < 1.29 is 4.39 Å². The van der Waals surface area contributed by atoms with Gasteiger partial charge in [-0.3, -0.25) is 4.98 Å². The van der Waals surface area contributed by atoms with Gasteiger partial charge in [-0.1, -0.05) is 45.2 Å². The quantitative estimate of drug-likeness (QED) is 0.557. The number of pyridine rings is 1. The number of aryl methyl sites for hydroxylation is 1. The summed E-state index contributed by atoms with van der Waals surface area (Å²) < 4.78 is 14.7. The first-order valence-corrected chi connectivity index (χ1v) is 9.96. The van der Waals surface area contributed by atoms with E-state index in [0.29, 0.717) is 11.5 Å². The summed E-state index contributed by atoms with van der Waals surface area (Å²) in [4.78, 5) is 4.42. The second kappa shape index (κ2) is 8.60. The van der Waals surface area contributed by atoms with Crippen molar-refractivity contribution in [2.75, 3.05) is 0 Å². The summed E-state index contributed by atoms with van der Waals surface area (Å²) in [5.41, 5.74) is 3.69. The predicted octanol–water partition coefficient (Wildman–Crippen LogP) is 6.91. The first-order chi connectivity index (χ1) is 12.2. The molecule has 1 fully saturated rings. The van der Waals surface area contributed by atoms with Crippen LogP contribution in [0.1, 0.15) is 75.8 Å². The molecule has 1 nitrogen and oxygen atoms in total. The van der Waals surface area contributed by atoms with Crippen LogP contribution in [0, 0.1) is 11.7 Å². The highest BCUT2D eigenvalue weighted by Crippen LogP contribution is 2.38. The Morgan fingerprint density at radius 1 is 1.04 bits per heavy atom. The zero-order valence-corrected chi connectivity index (χ0v) is 15.6. The Labute approximate surface area is 151 Å². The lowest BCUT2D eigenvalue weighted by atomic mass is 9.77. The molecule has 25 heavy (non-hydrogen) atoms. The van der Waals surface area contributed by atoms with E-state index in [-0.39, 0.29) is 5.82 Å². The molecule has 0 N–H and O–H groups in total. The van der Waals surface area contributed by atoms with Crippen LogP contribution in [0.25, 0.3) is 11.3 Å². The van der Waals surface area contributed by atoms with Gasteiger partial charge in [0.25, 0.3) is 0 Å². The molecule has 0 amide bonds. The van der Waals surface area contributed by atoms with Gasteiger partial charge in [-0.15, -0.1) is 0 Å². The van der Waals surface area contributed by atoms with Gasteiger partial charge in [-0.25, -0.2) is 4.39 Å². The summed E-state index contributed by atoms with van der Waals surface area (Å²) in [6.07, 6.45) is 11.8. The number of halogens is 1. The number of aromatic nitrogens is 1. The van der Waals surface area contributed by atoms with E-state index in [1.54, 1.807) is 6.07 Å². The van der Waals surface area contributed by atoms with Crippen LogP contribution in [-0.2, 0) is 6.42 Å². The average Bonchev–Trinajstić information content (AvgIpc) is 2.67. The number of benzene rings is 1. The minimum Gasteiger partial charge on any atom is -0.256 e. The fourth-order valence-electron chi connectivity index (χ4n) is 4.06. The molecule has 0 aliphatic heterocycles. The second-order valence-corrected chi connectivity index (χ2v) is 7.50. The summed E-state index contributed by atoms with van der Waals surface area (Å²) >= 11 is 0. The molecule has 2 aromatic rings. The number of rotatable bonds is 6. The first-order valence-electron chi connectivity index (χ1n) is 9.96. The maximum atomic E-state index is 14.7. The third-order valence-corrected chi connectivity index (χ3v) is 5.79. The highest BCUT2D eigenvalue weighted by Gasteiger charge is 2.22. The minimum absolute atomic E-state index is 0.137. The fraction of sp³-hybridized carbons (Fsp3) is 0.522. The molecule has 0 radical (unpaired) electrons. The fourth-order valence-corrected chi connectivity index (χ4v) is 4.06. The van der Waals surface area contributed by atoms with Gasteiger partial charge in [0.2, 0.25) is 0 Å². The molecule has 1 aromatic carbocycles. The van der Waals surface area contributed by atoms with Gasteiger partial charge in [-0.2, -0.15) is 0 Å². The molecule has 1 aliphatic carbocycles. The maximum absolute atomic E-state index is 14.7. The largest absolute Gasteiger partial charge is 0.256 e. The molecular weight excluding hydrogens is 309 g/mol. The molecule has 1 saturated carbocycles. The topological polar surface area (TPSA) is 12.9 Å². The third-order valence-electron chi connectivity index (χ3n) is 5.79. The molecule has 0 unspecified atom stereocenters. The van der Waals surface area contributed by atoms with E-state index >= 15 is 0 Å². The summed E-state index contributed by atoms with van der Waals surface area (Å²) in [7, 11) is 0. The van der Waals surface area contributed by atoms with Crippen LogP contribution in [-0.4, -0.2) is 4.98 Å². The average molecular weight is 339 g/mol. The zero-order valence-electron chi connectivity index (χ0n) is 15.6. The van der Waals surface area contributed by atoms with Crippen LogP contribution in [0.5, 0.6) is 0 Å². The van der Waals surface area contributed by atoms with Gasteiger partial charge in [0.15, 0.2) is 0 Å². The van der Waals surface area contributed by atoms with E-state index in [1.165, 1.54) is 56.1 Å². The lowest BCUT2D eigenvalue weighted by molar-refractivity contribution is 0.304. The molecule has 3 rings (SSSR count). The van der Waals surface area contributed by atoms with Gasteiger partial charge in [0.1, 0.15) is 5.82 Å². The molecule has 1 aromatic heterocycles. The highest BCUT2D eigenvalue weighted by molar-refractivity contribution is 5.60. The van der Waals surface area contributed by atoms with Crippen molar-refractivity contribution in [3.8, 4) is 11.3 Å². The monoisotopic (exact) mass is 339 g/mol. The van der Waals surface area contributed by atoms with E-state index in [4.69, 9.17) is 0 Å².